The molecule has 0 radical (unpaired) electrons. The second-order valence-corrected chi connectivity index (χ2v) is 8.39. The highest BCUT2D eigenvalue weighted by atomic mass is 16.3. The van der Waals surface area contributed by atoms with Gasteiger partial charge in [-0.2, -0.15) is 0 Å². The zero-order valence-corrected chi connectivity index (χ0v) is 18.9. The van der Waals surface area contributed by atoms with Gasteiger partial charge in [-0.15, -0.1) is 0 Å². The fourth-order valence-electron chi connectivity index (χ4n) is 4.73. The average molecular weight is 438 g/mol. The monoisotopic (exact) mass is 437 g/mol. The van der Waals surface area contributed by atoms with E-state index in [0.717, 1.165) is 49.8 Å². The third-order valence-electron chi connectivity index (χ3n) is 6.30. The molecule has 0 amide bonds. The summed E-state index contributed by atoms with van der Waals surface area (Å²) in [6.07, 6.45) is 1.92. The lowest BCUT2D eigenvalue weighted by Gasteiger charge is -2.08. The highest BCUT2D eigenvalue weighted by molar-refractivity contribution is 6.19. The Morgan fingerprint density at radius 3 is 1.76 bits per heavy atom. The van der Waals surface area contributed by atoms with Crippen molar-refractivity contribution < 1.29 is 4.42 Å². The molecule has 0 saturated heterocycles. The molecule has 0 N–H and O–H groups in total. The summed E-state index contributed by atoms with van der Waals surface area (Å²) in [4.78, 5) is 4.34. The molecular weight excluding hydrogens is 414 g/mol. The van der Waals surface area contributed by atoms with E-state index in [1.165, 1.54) is 11.1 Å². The molecule has 34 heavy (non-hydrogen) atoms. The number of aliphatic imine (C=N–C) groups is 1. The summed E-state index contributed by atoms with van der Waals surface area (Å²) in [6, 6.07) is 40.2. The Hall–Kier alpha value is -4.43. The van der Waals surface area contributed by atoms with Gasteiger partial charge in [0, 0.05) is 40.7 Å². The first kappa shape index (κ1) is 20.2. The molecule has 0 atom stereocenters. The Balaban J connectivity index is 1.77. The largest absolute Gasteiger partial charge is 0.455 e. The van der Waals surface area contributed by atoms with Crippen LogP contribution in [0.2, 0.25) is 0 Å². The van der Waals surface area contributed by atoms with Crippen LogP contribution in [0.15, 0.2) is 125 Å². The molecule has 0 unspecified atom stereocenters. The molecule has 2 heteroatoms. The SMILES string of the molecule is CN=Cc1ccc(-c2ccccc2)c2oc3c(-c4ccccc4)cc(-c4ccccc4)cc3c12. The van der Waals surface area contributed by atoms with Crippen LogP contribution in [0.25, 0.3) is 55.3 Å². The lowest BCUT2D eigenvalue weighted by Crippen LogP contribution is -1.87. The van der Waals surface area contributed by atoms with Gasteiger partial charge in [-0.25, -0.2) is 0 Å². The van der Waals surface area contributed by atoms with Crippen molar-refractivity contribution in [1.29, 1.82) is 0 Å². The van der Waals surface area contributed by atoms with Gasteiger partial charge < -0.3 is 4.42 Å². The maximum absolute atomic E-state index is 6.74. The molecule has 1 heterocycles. The number of furan rings is 1. The van der Waals surface area contributed by atoms with Crippen molar-refractivity contribution in [2.75, 3.05) is 7.05 Å². The Labute approximate surface area is 198 Å². The maximum Gasteiger partial charge on any atom is 0.143 e. The van der Waals surface area contributed by atoms with Crippen molar-refractivity contribution in [2.45, 2.75) is 0 Å². The number of hydrogen-bond donors (Lipinski definition) is 0. The molecule has 6 aromatic rings. The van der Waals surface area contributed by atoms with Crippen LogP contribution in [-0.2, 0) is 0 Å². The zero-order valence-electron chi connectivity index (χ0n) is 18.9. The number of benzene rings is 5. The Kier molecular flexibility index (Phi) is 5.04. The minimum atomic E-state index is 0.890. The van der Waals surface area contributed by atoms with Crippen LogP contribution in [0.1, 0.15) is 5.56 Å². The predicted octanol–water partition coefficient (Wildman–Crippen LogP) is 8.64. The fourth-order valence-corrected chi connectivity index (χ4v) is 4.73. The molecule has 0 spiro atoms. The number of nitrogens with zero attached hydrogens (tertiary/aromatic N) is 1. The van der Waals surface area contributed by atoms with Crippen LogP contribution in [0, 0.1) is 0 Å². The van der Waals surface area contributed by atoms with E-state index < -0.39 is 0 Å². The Morgan fingerprint density at radius 2 is 1.15 bits per heavy atom. The van der Waals surface area contributed by atoms with E-state index in [2.05, 4.69) is 108 Å². The molecule has 0 aliphatic heterocycles. The Bertz CT molecular complexity index is 1630. The summed E-state index contributed by atoms with van der Waals surface area (Å²) in [5.74, 6) is 0. The van der Waals surface area contributed by atoms with Gasteiger partial charge in [0.2, 0.25) is 0 Å². The van der Waals surface area contributed by atoms with Gasteiger partial charge in [0.05, 0.1) is 0 Å². The maximum atomic E-state index is 6.74. The van der Waals surface area contributed by atoms with E-state index in [1.807, 2.05) is 25.4 Å². The van der Waals surface area contributed by atoms with Crippen LogP contribution in [-0.4, -0.2) is 13.3 Å². The van der Waals surface area contributed by atoms with E-state index in [4.69, 9.17) is 4.42 Å². The second-order valence-electron chi connectivity index (χ2n) is 8.39. The van der Waals surface area contributed by atoms with Gasteiger partial charge in [0.15, 0.2) is 0 Å². The molecule has 2 nitrogen and oxygen atoms in total. The van der Waals surface area contributed by atoms with Gasteiger partial charge in [-0.1, -0.05) is 97.1 Å². The lowest BCUT2D eigenvalue weighted by atomic mass is 9.94. The first-order valence-corrected chi connectivity index (χ1v) is 11.4. The van der Waals surface area contributed by atoms with Crippen molar-refractivity contribution >= 4 is 28.2 Å². The summed E-state index contributed by atoms with van der Waals surface area (Å²) in [6.45, 7) is 0. The smallest absolute Gasteiger partial charge is 0.143 e. The van der Waals surface area contributed by atoms with Crippen molar-refractivity contribution in [3.05, 3.63) is 121 Å². The molecule has 162 valence electrons. The molecule has 5 aromatic carbocycles. The van der Waals surface area contributed by atoms with Crippen LogP contribution in [0.4, 0.5) is 0 Å². The van der Waals surface area contributed by atoms with E-state index in [-0.39, 0.29) is 0 Å². The molecular formula is C32H23NO. The van der Waals surface area contributed by atoms with Crippen LogP contribution < -0.4 is 0 Å². The first-order chi connectivity index (χ1) is 16.8. The van der Waals surface area contributed by atoms with Gasteiger partial charge in [0.25, 0.3) is 0 Å². The minimum absolute atomic E-state index is 0.890. The van der Waals surface area contributed by atoms with Gasteiger partial charge in [-0.3, -0.25) is 4.99 Å². The van der Waals surface area contributed by atoms with Crippen molar-refractivity contribution in [3.8, 4) is 33.4 Å². The topological polar surface area (TPSA) is 25.5 Å². The van der Waals surface area contributed by atoms with Crippen LogP contribution in [0.5, 0.6) is 0 Å². The van der Waals surface area contributed by atoms with E-state index in [9.17, 15) is 0 Å². The highest BCUT2D eigenvalue weighted by Crippen LogP contribution is 2.43. The van der Waals surface area contributed by atoms with Gasteiger partial charge >= 0.3 is 0 Å². The second kappa shape index (κ2) is 8.49. The molecule has 0 aliphatic rings. The summed E-state index contributed by atoms with van der Waals surface area (Å²) >= 11 is 0. The fraction of sp³-hybridized carbons (Fsp3) is 0.0312. The summed E-state index contributed by atoms with van der Waals surface area (Å²) in [7, 11) is 1.81. The lowest BCUT2D eigenvalue weighted by molar-refractivity contribution is 0.671. The summed E-state index contributed by atoms with van der Waals surface area (Å²) in [5, 5.41) is 2.19. The third kappa shape index (κ3) is 3.41. The molecule has 1 aromatic heterocycles. The van der Waals surface area contributed by atoms with E-state index in [1.54, 1.807) is 0 Å². The minimum Gasteiger partial charge on any atom is -0.455 e. The summed E-state index contributed by atoms with van der Waals surface area (Å²) in [5.41, 5.74) is 9.63. The number of fused-ring (bicyclic) bond motifs is 3. The standard InChI is InChI=1S/C32H23NO/c1-33-21-25-17-18-27(23-13-7-3-8-14-23)32-30(25)29-20-26(22-11-5-2-6-12-22)19-28(31(29)34-32)24-15-9-4-10-16-24/h2-21H,1H3. The first-order valence-electron chi connectivity index (χ1n) is 11.4. The Morgan fingerprint density at radius 1 is 0.559 bits per heavy atom. The molecule has 0 aliphatic carbocycles. The summed E-state index contributed by atoms with van der Waals surface area (Å²) < 4.78 is 6.74. The van der Waals surface area contributed by atoms with Crippen LogP contribution in [0.3, 0.4) is 0 Å². The highest BCUT2D eigenvalue weighted by Gasteiger charge is 2.19. The van der Waals surface area contributed by atoms with Crippen molar-refractivity contribution in [2.24, 2.45) is 4.99 Å². The number of rotatable bonds is 4. The van der Waals surface area contributed by atoms with E-state index >= 15 is 0 Å². The quantitative estimate of drug-likeness (QED) is 0.253. The molecule has 0 fully saturated rings. The van der Waals surface area contributed by atoms with E-state index in [0.29, 0.717) is 0 Å². The molecule has 0 bridgehead atoms. The predicted molar refractivity (Wildman–Crippen MR) is 144 cm³/mol. The van der Waals surface area contributed by atoms with Crippen molar-refractivity contribution in [1.82, 2.24) is 0 Å². The zero-order chi connectivity index (χ0) is 22.9. The van der Waals surface area contributed by atoms with Gasteiger partial charge in [-0.05, 0) is 40.5 Å². The van der Waals surface area contributed by atoms with Gasteiger partial charge in [0.1, 0.15) is 11.2 Å². The third-order valence-corrected chi connectivity index (χ3v) is 6.30. The van der Waals surface area contributed by atoms with Crippen molar-refractivity contribution in [3.63, 3.8) is 0 Å². The molecule has 0 saturated carbocycles. The van der Waals surface area contributed by atoms with Crippen LogP contribution >= 0.6 is 0 Å². The molecule has 6 rings (SSSR count). The number of hydrogen-bond acceptors (Lipinski definition) is 2. The average Bonchev–Trinajstić information content (AvgIpc) is 3.30. The normalized spacial score (nSPS) is 11.6.